The van der Waals surface area contributed by atoms with E-state index in [0.717, 1.165) is 16.7 Å². The second-order valence-corrected chi connectivity index (χ2v) is 10.9. The molecule has 0 aliphatic carbocycles. The second kappa shape index (κ2) is 17.4. The molecule has 1 aliphatic rings. The minimum atomic E-state index is -4.70. The Morgan fingerprint density at radius 1 is 0.683 bits per heavy atom. The Morgan fingerprint density at radius 2 is 1.12 bits per heavy atom. The van der Waals surface area contributed by atoms with Crippen LogP contribution in [0.3, 0.4) is 0 Å². The van der Waals surface area contributed by atoms with Crippen molar-refractivity contribution in [1.29, 1.82) is 0 Å². The van der Waals surface area contributed by atoms with Crippen molar-refractivity contribution < 1.29 is 71.3 Å². The first-order valence-electron chi connectivity index (χ1n) is 13.2. The summed E-state index contributed by atoms with van der Waals surface area (Å²) < 4.78 is 66.8. The van der Waals surface area contributed by atoms with Gasteiger partial charge in [0.15, 0.2) is 6.29 Å². The second-order valence-electron chi connectivity index (χ2n) is 9.50. The molecule has 1 N–H and O–H groups in total. The van der Waals surface area contributed by atoms with Gasteiger partial charge in [0.25, 0.3) is 0 Å². The number of hydrogen-bond donors (Lipinski definition) is 1. The predicted molar refractivity (Wildman–Crippen MR) is 146 cm³/mol. The molecule has 9 nitrogen and oxygen atoms in total. The third kappa shape index (κ3) is 11.2. The van der Waals surface area contributed by atoms with Gasteiger partial charge in [0.2, 0.25) is 0 Å². The molecule has 1 aliphatic heterocycles. The first kappa shape index (κ1) is 33.8. The van der Waals surface area contributed by atoms with E-state index in [9.17, 15) is 18.1 Å². The van der Waals surface area contributed by atoms with Gasteiger partial charge in [0, 0.05) is 6.61 Å². The van der Waals surface area contributed by atoms with Gasteiger partial charge in [-0.15, -0.1) is 0 Å². The summed E-state index contributed by atoms with van der Waals surface area (Å²) in [6.45, 7) is 0.552. The van der Waals surface area contributed by atoms with Crippen molar-refractivity contribution in [3.05, 3.63) is 108 Å². The fourth-order valence-corrected chi connectivity index (χ4v) is 5.15. The molecule has 3 aromatic carbocycles. The largest absolute Gasteiger partial charge is 1.00 e. The molecule has 4 rings (SSSR count). The van der Waals surface area contributed by atoms with E-state index in [1.807, 2.05) is 91.0 Å². The van der Waals surface area contributed by atoms with E-state index >= 15 is 0 Å². The number of hydrogen-bond acceptors (Lipinski definition) is 9. The van der Waals surface area contributed by atoms with Crippen LogP contribution in [0, 0.1) is 0 Å². The van der Waals surface area contributed by atoms with E-state index in [4.69, 9.17) is 23.7 Å². The molecule has 11 heteroatoms. The van der Waals surface area contributed by atoms with Crippen LogP contribution in [0.15, 0.2) is 91.0 Å². The summed E-state index contributed by atoms with van der Waals surface area (Å²) in [5.74, 6) is -0.830. The Hall–Kier alpha value is -1.67. The molecule has 0 bridgehead atoms. The molecule has 0 amide bonds. The molecule has 3 aromatic rings. The molecule has 41 heavy (non-hydrogen) atoms. The van der Waals surface area contributed by atoms with E-state index in [0.29, 0.717) is 6.42 Å². The maximum absolute atomic E-state index is 11.9. The molecule has 216 valence electrons. The Morgan fingerprint density at radius 3 is 1.56 bits per heavy atom. The van der Waals surface area contributed by atoms with E-state index in [-0.39, 0.29) is 62.6 Å². The van der Waals surface area contributed by atoms with Crippen molar-refractivity contribution in [2.24, 2.45) is 0 Å². The molecule has 0 spiro atoms. The summed E-state index contributed by atoms with van der Waals surface area (Å²) in [6, 6.07) is 28.4. The van der Waals surface area contributed by atoms with Crippen molar-refractivity contribution in [2.45, 2.75) is 56.9 Å². The van der Waals surface area contributed by atoms with Crippen LogP contribution < -0.4 is 29.6 Å². The zero-order chi connectivity index (χ0) is 28.2. The van der Waals surface area contributed by atoms with Gasteiger partial charge in [0.1, 0.15) is 24.4 Å². The van der Waals surface area contributed by atoms with E-state index in [1.165, 1.54) is 0 Å². The van der Waals surface area contributed by atoms with Crippen molar-refractivity contribution in [1.82, 2.24) is 0 Å². The normalized spacial score (nSPS) is 22.6. The van der Waals surface area contributed by atoms with Crippen molar-refractivity contribution in [3.8, 4) is 0 Å². The van der Waals surface area contributed by atoms with Crippen LogP contribution in [0.1, 0.15) is 23.1 Å². The summed E-state index contributed by atoms with van der Waals surface area (Å²) in [5, 5.41) is 9.28. The number of aliphatic hydroxyl groups is 1. The predicted octanol–water partition coefficient (Wildman–Crippen LogP) is 0.416. The monoisotopic (exact) mass is 594 g/mol. The van der Waals surface area contributed by atoms with Crippen LogP contribution >= 0.6 is 0 Å². The summed E-state index contributed by atoms with van der Waals surface area (Å²) in [6.07, 6.45) is -4.58. The van der Waals surface area contributed by atoms with Gasteiger partial charge < -0.3 is 33.3 Å². The molecular formula is C30H35NaO9S. The van der Waals surface area contributed by atoms with E-state index in [2.05, 4.69) is 0 Å². The Bertz CT molecular complexity index is 1230. The molecule has 0 aromatic heterocycles. The summed E-state index contributed by atoms with van der Waals surface area (Å²) >= 11 is 0. The molecule has 5 atom stereocenters. The van der Waals surface area contributed by atoms with Gasteiger partial charge in [-0.2, -0.15) is 0 Å². The topological polar surface area (TPSA) is 124 Å². The van der Waals surface area contributed by atoms with Gasteiger partial charge in [-0.05, 0) is 23.1 Å². The van der Waals surface area contributed by atoms with Gasteiger partial charge in [0.05, 0.1) is 42.3 Å². The average molecular weight is 595 g/mol. The average Bonchev–Trinajstić information content (AvgIpc) is 2.96. The van der Waals surface area contributed by atoms with Gasteiger partial charge in [-0.25, -0.2) is 8.42 Å². The van der Waals surface area contributed by atoms with Crippen LogP contribution in [0.5, 0.6) is 0 Å². The van der Waals surface area contributed by atoms with Crippen LogP contribution in [0.25, 0.3) is 0 Å². The van der Waals surface area contributed by atoms with Crippen molar-refractivity contribution >= 4 is 10.1 Å². The minimum absolute atomic E-state index is 0. The smallest absolute Gasteiger partial charge is 0.748 e. The molecule has 0 radical (unpaired) electrons. The zero-order valence-electron chi connectivity index (χ0n) is 23.1. The fourth-order valence-electron chi connectivity index (χ4n) is 4.48. The summed E-state index contributed by atoms with van der Waals surface area (Å²) in [7, 11) is -4.70. The van der Waals surface area contributed by atoms with Gasteiger partial charge in [-0.3, -0.25) is 0 Å². The van der Waals surface area contributed by atoms with E-state index < -0.39 is 46.6 Å². The number of aliphatic hydroxyl groups excluding tert-OH is 1. The minimum Gasteiger partial charge on any atom is -0.748 e. The first-order valence-corrected chi connectivity index (χ1v) is 14.8. The Kier molecular flexibility index (Phi) is 14.4. The maximum Gasteiger partial charge on any atom is 1.00 e. The van der Waals surface area contributed by atoms with Crippen LogP contribution in [-0.2, 0) is 53.6 Å². The Balaban J connectivity index is 0.00000462. The SMILES string of the molecule is O=S(=O)([O-])C[C@H]1O[C@@H](OCCCO)[C@H](OCc2ccccc2)[C@@H](OCc2ccccc2)[C@@H]1OCc1ccccc1.[Na+]. The van der Waals surface area contributed by atoms with Gasteiger partial charge >= 0.3 is 29.6 Å². The maximum atomic E-state index is 11.9. The first-order chi connectivity index (χ1) is 19.4. The molecule has 1 saturated heterocycles. The molecule has 0 unspecified atom stereocenters. The van der Waals surface area contributed by atoms with Crippen LogP contribution in [-0.4, -0.2) is 67.7 Å². The van der Waals surface area contributed by atoms with Crippen LogP contribution in [0.2, 0.25) is 0 Å². The van der Waals surface area contributed by atoms with Crippen molar-refractivity contribution in [3.63, 3.8) is 0 Å². The number of ether oxygens (including phenoxy) is 5. The molecular weight excluding hydrogens is 559 g/mol. The standard InChI is InChI=1S/C30H36O9S.Na/c31-17-10-18-35-30-29(38-21-25-15-8-3-9-16-25)28(37-20-24-13-6-2-7-14-24)27(26(39-30)22-40(32,33)34)36-19-23-11-4-1-5-12-23;/h1-9,11-16,26-31H,10,17-22H2,(H,32,33,34);/q;+1/p-1/t26-,27-,28+,29-,30-;/m1./s1. The third-order valence-electron chi connectivity index (χ3n) is 6.40. The fraction of sp³-hybridized carbons (Fsp3) is 0.400. The summed E-state index contributed by atoms with van der Waals surface area (Å²) in [4.78, 5) is 0. The number of benzene rings is 3. The quantitative estimate of drug-likeness (QED) is 0.151. The third-order valence-corrected chi connectivity index (χ3v) is 7.14. The molecule has 0 saturated carbocycles. The number of rotatable bonds is 15. The molecule has 1 heterocycles. The molecule has 1 fully saturated rings. The van der Waals surface area contributed by atoms with Crippen molar-refractivity contribution in [2.75, 3.05) is 19.0 Å². The summed E-state index contributed by atoms with van der Waals surface area (Å²) in [5.41, 5.74) is 2.66. The van der Waals surface area contributed by atoms with Gasteiger partial charge in [-0.1, -0.05) is 91.0 Å². The Labute approximate surface area is 263 Å². The van der Waals surface area contributed by atoms with E-state index in [1.54, 1.807) is 0 Å². The van der Waals surface area contributed by atoms with Crippen LogP contribution in [0.4, 0.5) is 0 Å². The zero-order valence-corrected chi connectivity index (χ0v) is 25.9.